The summed E-state index contributed by atoms with van der Waals surface area (Å²) < 4.78 is 25.6. The van der Waals surface area contributed by atoms with Crippen molar-refractivity contribution < 1.29 is 23.5 Å². The number of benzene rings is 1. The number of carbonyl (C=O) groups is 2. The zero-order chi connectivity index (χ0) is 24.7. The highest BCUT2D eigenvalue weighted by Gasteiger charge is 2.24. The number of likely N-dealkylation sites (tertiary alicyclic amines) is 1. The lowest BCUT2D eigenvalue weighted by Crippen LogP contribution is -2.44. The van der Waals surface area contributed by atoms with Crippen LogP contribution >= 0.6 is 0 Å². The van der Waals surface area contributed by atoms with Gasteiger partial charge in [0.1, 0.15) is 24.7 Å². The molecular weight excluding hydrogens is 455 g/mol. The summed E-state index contributed by atoms with van der Waals surface area (Å²) in [5.74, 6) is -1.26. The number of nitrogens with zero attached hydrogens (tertiary/aromatic N) is 4. The average Bonchev–Trinajstić information content (AvgIpc) is 2.82. The molecule has 0 bridgehead atoms. The van der Waals surface area contributed by atoms with E-state index in [0.717, 1.165) is 12.8 Å². The van der Waals surface area contributed by atoms with Gasteiger partial charge in [0.2, 0.25) is 0 Å². The molecule has 0 radical (unpaired) electrons. The molecule has 1 fully saturated rings. The summed E-state index contributed by atoms with van der Waals surface area (Å²) in [6.45, 7) is 1.54. The van der Waals surface area contributed by atoms with Crippen LogP contribution < -0.4 is 10.5 Å². The van der Waals surface area contributed by atoms with Gasteiger partial charge < -0.3 is 25.0 Å². The predicted octanol–water partition coefficient (Wildman–Crippen LogP) is 3.06. The zero-order valence-corrected chi connectivity index (χ0v) is 19.3. The van der Waals surface area contributed by atoms with E-state index >= 15 is 0 Å². The van der Waals surface area contributed by atoms with Gasteiger partial charge in [0.25, 0.3) is 0 Å². The highest BCUT2D eigenvalue weighted by Crippen LogP contribution is 2.25. The molecule has 0 saturated carbocycles. The maximum atomic E-state index is 14.9. The Hall–Kier alpha value is -3.76. The number of esters is 1. The first-order valence-electron chi connectivity index (χ1n) is 10.9. The van der Waals surface area contributed by atoms with Crippen LogP contribution in [0.3, 0.4) is 0 Å². The smallest absolute Gasteiger partial charge is 0.319 e. The fraction of sp³-hybridized carbons (Fsp3) is 0.458. The Bertz CT molecular complexity index is 1020. The van der Waals surface area contributed by atoms with Crippen LogP contribution in [0.25, 0.3) is 11.1 Å². The molecule has 2 aromatic rings. The van der Waals surface area contributed by atoms with Crippen LogP contribution in [0.1, 0.15) is 32.3 Å². The molecular formula is C24H33FN6O4. The molecule has 1 aromatic carbocycles. The van der Waals surface area contributed by atoms with Gasteiger partial charge in [-0.25, -0.2) is 19.2 Å². The Kier molecular flexibility index (Phi) is 9.92. The molecule has 35 heavy (non-hydrogen) atoms. The summed E-state index contributed by atoms with van der Waals surface area (Å²) >= 11 is 0. The maximum absolute atomic E-state index is 14.9. The molecule has 1 aliphatic heterocycles. The number of halogens is 1. The molecule has 2 amide bonds. The lowest BCUT2D eigenvalue weighted by atomic mass is 9.98. The van der Waals surface area contributed by atoms with Crippen molar-refractivity contribution in [2.45, 2.75) is 33.3 Å². The van der Waals surface area contributed by atoms with Crippen molar-refractivity contribution in [3.63, 3.8) is 0 Å². The van der Waals surface area contributed by atoms with Crippen LogP contribution in [0.4, 0.5) is 9.18 Å². The van der Waals surface area contributed by atoms with E-state index in [2.05, 4.69) is 9.97 Å². The van der Waals surface area contributed by atoms with Gasteiger partial charge in [-0.15, -0.1) is 0 Å². The number of hydrogen-bond donors (Lipinski definition) is 2. The molecule has 0 atom stereocenters. The van der Waals surface area contributed by atoms with Crippen LogP contribution in [0.2, 0.25) is 0 Å². The number of carbonyl (C=O) groups excluding carboxylic acids is 2. The minimum absolute atomic E-state index is 0. The summed E-state index contributed by atoms with van der Waals surface area (Å²) in [5.41, 5.74) is 6.08. The first-order chi connectivity index (χ1) is 16.2. The molecule has 2 heterocycles. The minimum atomic E-state index is -0.697. The van der Waals surface area contributed by atoms with E-state index in [1.54, 1.807) is 31.1 Å². The molecule has 1 aliphatic rings. The lowest BCUT2D eigenvalue weighted by molar-refractivity contribution is -0.143. The van der Waals surface area contributed by atoms with E-state index < -0.39 is 11.8 Å². The third-order valence-electron chi connectivity index (χ3n) is 5.46. The Morgan fingerprint density at radius 3 is 2.49 bits per heavy atom. The van der Waals surface area contributed by atoms with Gasteiger partial charge in [-0.3, -0.25) is 10.2 Å². The van der Waals surface area contributed by atoms with Crippen molar-refractivity contribution in [2.75, 3.05) is 33.8 Å². The molecule has 10 nitrogen and oxygen atoms in total. The highest BCUT2D eigenvalue weighted by atomic mass is 19.1. The van der Waals surface area contributed by atoms with E-state index in [-0.39, 0.29) is 49.5 Å². The Balaban J connectivity index is 0.00000432. The fourth-order valence-corrected chi connectivity index (χ4v) is 3.57. The predicted molar refractivity (Wildman–Crippen MR) is 129 cm³/mol. The van der Waals surface area contributed by atoms with Crippen molar-refractivity contribution in [3.8, 4) is 17.1 Å². The van der Waals surface area contributed by atoms with Crippen molar-refractivity contribution >= 4 is 17.8 Å². The van der Waals surface area contributed by atoms with Crippen LogP contribution in [0, 0.1) is 17.1 Å². The molecule has 0 aliphatic carbocycles. The monoisotopic (exact) mass is 488 g/mol. The topological polar surface area (TPSA) is 135 Å². The van der Waals surface area contributed by atoms with Gasteiger partial charge in [-0.05, 0) is 18.8 Å². The maximum Gasteiger partial charge on any atom is 0.319 e. The van der Waals surface area contributed by atoms with Crippen molar-refractivity contribution in [3.05, 3.63) is 42.0 Å². The van der Waals surface area contributed by atoms with Gasteiger partial charge in [0.05, 0.1) is 6.61 Å². The summed E-state index contributed by atoms with van der Waals surface area (Å²) in [5, 5.41) is 7.10. The Labute approximate surface area is 204 Å². The third kappa shape index (κ3) is 7.62. The van der Waals surface area contributed by atoms with E-state index in [1.165, 1.54) is 18.5 Å². The molecule has 0 spiro atoms. The zero-order valence-electron chi connectivity index (χ0n) is 19.3. The fourth-order valence-electron chi connectivity index (χ4n) is 3.57. The largest absolute Gasteiger partial charge is 0.463 e. The number of amidine groups is 1. The number of nitrogens with one attached hydrogen (secondary N) is 1. The van der Waals surface area contributed by atoms with Gasteiger partial charge in [0, 0.05) is 56.3 Å². The summed E-state index contributed by atoms with van der Waals surface area (Å²) in [6.07, 6.45) is 4.29. The van der Waals surface area contributed by atoms with Gasteiger partial charge >= 0.3 is 18.0 Å². The molecule has 3 N–H and O–H groups in total. The number of hydrogen-bond acceptors (Lipinski definition) is 7. The number of ether oxygens (including phenoxy) is 2. The first-order valence-corrected chi connectivity index (χ1v) is 10.9. The van der Waals surface area contributed by atoms with Crippen LogP contribution in [0.15, 0.2) is 30.6 Å². The van der Waals surface area contributed by atoms with E-state index in [1.807, 2.05) is 4.90 Å². The van der Waals surface area contributed by atoms with E-state index in [9.17, 15) is 14.0 Å². The Morgan fingerprint density at radius 2 is 1.89 bits per heavy atom. The molecule has 190 valence electrons. The molecule has 1 saturated heterocycles. The second kappa shape index (κ2) is 12.6. The normalized spacial score (nSPS) is 13.5. The number of rotatable bonds is 8. The van der Waals surface area contributed by atoms with E-state index in [0.29, 0.717) is 31.2 Å². The van der Waals surface area contributed by atoms with Crippen LogP contribution in [-0.2, 0) is 16.1 Å². The highest BCUT2D eigenvalue weighted by molar-refractivity contribution is 5.94. The average molecular weight is 489 g/mol. The van der Waals surface area contributed by atoms with Gasteiger partial charge in [-0.1, -0.05) is 25.6 Å². The van der Waals surface area contributed by atoms with Gasteiger partial charge in [-0.2, -0.15) is 0 Å². The molecule has 3 rings (SSSR count). The van der Waals surface area contributed by atoms with Crippen LogP contribution in [-0.4, -0.2) is 71.4 Å². The molecule has 0 unspecified atom stereocenters. The molecule has 11 heteroatoms. The lowest BCUT2D eigenvalue weighted by Gasteiger charge is -2.33. The minimum Gasteiger partial charge on any atom is -0.463 e. The molecule has 1 aromatic heterocycles. The number of piperidine rings is 1. The van der Waals surface area contributed by atoms with E-state index in [4.69, 9.17) is 20.6 Å². The summed E-state index contributed by atoms with van der Waals surface area (Å²) in [4.78, 5) is 35.4. The number of amides is 2. The summed E-state index contributed by atoms with van der Waals surface area (Å²) in [7, 11) is 3.48. The van der Waals surface area contributed by atoms with Crippen molar-refractivity contribution in [1.82, 2.24) is 19.8 Å². The number of aromatic nitrogens is 2. The summed E-state index contributed by atoms with van der Waals surface area (Å²) in [6, 6.07) is 4.95. The Morgan fingerprint density at radius 1 is 1.23 bits per heavy atom. The third-order valence-corrected chi connectivity index (χ3v) is 5.46. The second-order valence-electron chi connectivity index (χ2n) is 8.31. The first kappa shape index (κ1) is 27.5. The van der Waals surface area contributed by atoms with Crippen molar-refractivity contribution in [1.29, 1.82) is 5.41 Å². The number of urea groups is 1. The SMILES string of the molecule is C.CN(C)C(=O)N1CCC(COc2ncc(-c3cccc(COC(=O)CC(=N)N)c3F)cn2)CC1. The van der Waals surface area contributed by atoms with Crippen molar-refractivity contribution in [2.24, 2.45) is 11.7 Å². The van der Waals surface area contributed by atoms with Crippen LogP contribution in [0.5, 0.6) is 6.01 Å². The quantitative estimate of drug-likeness (QED) is 0.331. The number of nitrogens with two attached hydrogens (primary N) is 1. The second-order valence-corrected chi connectivity index (χ2v) is 8.31. The standard InChI is InChI=1S/C23H29FN6O4.CH4/c1-29(2)23(32)30-8-6-15(7-9-30)13-34-22-27-11-17(12-28-22)18-5-3-4-16(21(18)24)14-33-20(31)10-19(25)26;/h3-5,11-12,15H,6-10,13-14H2,1-2H3,(H3,25,26);1H4. The van der Waals surface area contributed by atoms with Gasteiger partial charge in [0.15, 0.2) is 0 Å².